The molecule has 23 heavy (non-hydrogen) atoms. The van der Waals surface area contributed by atoms with Gasteiger partial charge in [0, 0.05) is 26.2 Å². The summed E-state index contributed by atoms with van der Waals surface area (Å²) in [5.74, 6) is 7.21. The first-order valence-electron chi connectivity index (χ1n) is 7.91. The molecule has 0 amide bonds. The predicted octanol–water partition coefficient (Wildman–Crippen LogP) is 0.139. The molecule has 0 aliphatic heterocycles. The van der Waals surface area contributed by atoms with Gasteiger partial charge in [0.15, 0.2) is 5.54 Å². The van der Waals surface area contributed by atoms with Crippen LogP contribution in [0.3, 0.4) is 0 Å². The number of rotatable bonds is 4. The van der Waals surface area contributed by atoms with Gasteiger partial charge in [0.25, 0.3) is 0 Å². The number of nitrogens with one attached hydrogen (secondary N) is 1. The van der Waals surface area contributed by atoms with E-state index in [1.807, 2.05) is 0 Å². The van der Waals surface area contributed by atoms with E-state index in [4.69, 9.17) is 0 Å². The molecule has 0 bridgehead atoms. The van der Waals surface area contributed by atoms with Gasteiger partial charge in [-0.1, -0.05) is 66.6 Å². The third-order valence-electron chi connectivity index (χ3n) is 4.36. The molecular weight excluding hydrogens is 302 g/mol. The maximum Gasteiger partial charge on any atom is 0.153 e. The van der Waals surface area contributed by atoms with Crippen molar-refractivity contribution in [3.05, 3.63) is 71.8 Å². The fourth-order valence-electron chi connectivity index (χ4n) is 2.30. The van der Waals surface area contributed by atoms with Gasteiger partial charge in [0.1, 0.15) is 0 Å². The highest BCUT2D eigenvalue weighted by atomic mass is 35.5. The summed E-state index contributed by atoms with van der Waals surface area (Å²) in [7, 11) is 4.31. The van der Waals surface area contributed by atoms with Crippen molar-refractivity contribution in [1.29, 1.82) is 0 Å². The summed E-state index contributed by atoms with van der Waals surface area (Å²) in [6, 6.07) is 21.3. The molecule has 0 atom stereocenters. The van der Waals surface area contributed by atoms with E-state index in [-0.39, 0.29) is 17.9 Å². The van der Waals surface area contributed by atoms with Crippen LogP contribution in [0.1, 0.15) is 37.3 Å². The predicted molar refractivity (Wildman–Crippen MR) is 94.0 cm³/mol. The molecule has 0 saturated carbocycles. The molecule has 0 spiro atoms. The molecule has 0 aromatic heterocycles. The van der Waals surface area contributed by atoms with Gasteiger partial charge in [-0.2, -0.15) is 0 Å². The molecule has 0 unspecified atom stereocenters. The summed E-state index contributed by atoms with van der Waals surface area (Å²) in [5.41, 5.74) is 2.65. The lowest BCUT2D eigenvalue weighted by molar-refractivity contribution is -0.900. The van der Waals surface area contributed by atoms with Crippen LogP contribution < -0.4 is 17.3 Å². The first kappa shape index (κ1) is 19.3. The van der Waals surface area contributed by atoms with Crippen LogP contribution in [0.2, 0.25) is 0 Å². The smallest absolute Gasteiger partial charge is 0.153 e. The minimum atomic E-state index is -0.0159. The van der Waals surface area contributed by atoms with Crippen molar-refractivity contribution in [3.8, 4) is 11.8 Å². The van der Waals surface area contributed by atoms with Crippen molar-refractivity contribution in [2.75, 3.05) is 14.1 Å². The highest BCUT2D eigenvalue weighted by molar-refractivity contribution is 5.34. The first-order valence-corrected chi connectivity index (χ1v) is 7.91. The molecule has 0 fully saturated rings. The Balaban J connectivity index is 0.00000264. The highest BCUT2D eigenvalue weighted by Crippen LogP contribution is 2.27. The van der Waals surface area contributed by atoms with Gasteiger partial charge in [-0.25, -0.2) is 0 Å². The average Bonchev–Trinajstić information content (AvgIpc) is 2.53. The van der Waals surface area contributed by atoms with Crippen molar-refractivity contribution in [3.63, 3.8) is 0 Å². The fourth-order valence-corrected chi connectivity index (χ4v) is 2.30. The summed E-state index contributed by atoms with van der Waals surface area (Å²) in [6.45, 7) is 4.38. The molecule has 2 aromatic carbocycles. The van der Waals surface area contributed by atoms with Crippen LogP contribution in [0.15, 0.2) is 60.7 Å². The largest absolute Gasteiger partial charge is 1.00 e. The SMILES string of the molecule is C[NH+](C)C(C)(C)C#CCC(c1ccccc1)c1ccccc1.[Cl-]. The lowest BCUT2D eigenvalue weighted by Crippen LogP contribution is -3.13. The third-order valence-corrected chi connectivity index (χ3v) is 4.36. The fraction of sp³-hybridized carbons (Fsp3) is 0.333. The molecule has 122 valence electrons. The monoisotopic (exact) mass is 327 g/mol. The summed E-state index contributed by atoms with van der Waals surface area (Å²) in [5, 5.41) is 0. The second-order valence-corrected chi connectivity index (χ2v) is 6.50. The van der Waals surface area contributed by atoms with Gasteiger partial charge in [-0.05, 0) is 17.0 Å². The Bertz CT molecular complexity index is 596. The third kappa shape index (κ3) is 5.43. The lowest BCUT2D eigenvalue weighted by atomic mass is 9.88. The lowest BCUT2D eigenvalue weighted by Gasteiger charge is -2.23. The van der Waals surface area contributed by atoms with Crippen molar-refractivity contribution in [1.82, 2.24) is 0 Å². The van der Waals surface area contributed by atoms with Crippen LogP contribution in [0.5, 0.6) is 0 Å². The van der Waals surface area contributed by atoms with Crippen LogP contribution in [-0.2, 0) is 0 Å². The minimum Gasteiger partial charge on any atom is -1.00 e. The van der Waals surface area contributed by atoms with Crippen molar-refractivity contribution in [2.24, 2.45) is 0 Å². The zero-order valence-electron chi connectivity index (χ0n) is 14.4. The molecule has 0 aliphatic carbocycles. The Kier molecular flexibility index (Phi) is 7.36. The van der Waals surface area contributed by atoms with Crippen molar-refractivity contribution < 1.29 is 17.3 Å². The van der Waals surface area contributed by atoms with Gasteiger partial charge >= 0.3 is 0 Å². The number of halogens is 1. The Labute approximate surface area is 147 Å². The molecule has 2 heteroatoms. The zero-order chi connectivity index (χ0) is 16.0. The molecule has 0 heterocycles. The van der Waals surface area contributed by atoms with Crippen LogP contribution >= 0.6 is 0 Å². The molecular formula is C21H26ClN. The topological polar surface area (TPSA) is 4.44 Å². The Morgan fingerprint density at radius 1 is 0.870 bits per heavy atom. The summed E-state index contributed by atoms with van der Waals surface area (Å²) in [6.07, 6.45) is 0.852. The molecule has 1 N–H and O–H groups in total. The Morgan fingerprint density at radius 2 is 1.30 bits per heavy atom. The number of benzene rings is 2. The molecule has 2 aromatic rings. The van der Waals surface area contributed by atoms with Gasteiger partial charge in [-0.15, -0.1) is 0 Å². The van der Waals surface area contributed by atoms with E-state index < -0.39 is 0 Å². The van der Waals surface area contributed by atoms with E-state index in [9.17, 15) is 0 Å². The van der Waals surface area contributed by atoms with E-state index in [1.54, 1.807) is 0 Å². The second-order valence-electron chi connectivity index (χ2n) is 6.50. The molecule has 0 saturated heterocycles. The van der Waals surface area contributed by atoms with E-state index in [0.717, 1.165) is 6.42 Å². The van der Waals surface area contributed by atoms with Crippen molar-refractivity contribution >= 4 is 0 Å². The van der Waals surface area contributed by atoms with E-state index in [0.29, 0.717) is 5.92 Å². The van der Waals surface area contributed by atoms with Gasteiger partial charge in [0.05, 0.1) is 14.1 Å². The maximum atomic E-state index is 3.44. The number of hydrogen-bond donors (Lipinski definition) is 1. The molecule has 0 radical (unpaired) electrons. The summed E-state index contributed by atoms with van der Waals surface area (Å²) in [4.78, 5) is 1.36. The van der Waals surface area contributed by atoms with Crippen LogP contribution in [0, 0.1) is 11.8 Å². The molecule has 0 aliphatic rings. The number of quaternary nitrogens is 1. The zero-order valence-corrected chi connectivity index (χ0v) is 15.2. The molecule has 1 nitrogen and oxygen atoms in total. The van der Waals surface area contributed by atoms with Crippen LogP contribution in [0.4, 0.5) is 0 Å². The van der Waals surface area contributed by atoms with E-state index >= 15 is 0 Å². The summed E-state index contributed by atoms with van der Waals surface area (Å²) < 4.78 is 0. The Hall–Kier alpha value is -1.75. The van der Waals surface area contributed by atoms with Crippen molar-refractivity contribution in [2.45, 2.75) is 31.7 Å². The Morgan fingerprint density at radius 3 is 1.70 bits per heavy atom. The van der Waals surface area contributed by atoms with Gasteiger partial charge in [-0.3, -0.25) is 0 Å². The average molecular weight is 328 g/mol. The summed E-state index contributed by atoms with van der Waals surface area (Å²) >= 11 is 0. The number of hydrogen-bond acceptors (Lipinski definition) is 0. The van der Waals surface area contributed by atoms with E-state index in [2.05, 4.69) is 100 Å². The van der Waals surface area contributed by atoms with Crippen LogP contribution in [-0.4, -0.2) is 19.6 Å². The molecule has 2 rings (SSSR count). The first-order chi connectivity index (χ1) is 10.5. The van der Waals surface area contributed by atoms with Crippen LogP contribution in [0.25, 0.3) is 0 Å². The highest BCUT2D eigenvalue weighted by Gasteiger charge is 2.21. The minimum absolute atomic E-state index is 0. The maximum absolute atomic E-state index is 3.44. The van der Waals surface area contributed by atoms with Gasteiger partial charge in [0.2, 0.25) is 0 Å². The second kappa shape index (κ2) is 8.77. The quantitative estimate of drug-likeness (QED) is 0.762. The standard InChI is InChI=1S/C21H25N.ClH/c1-21(2,22(3)4)17-11-16-20(18-12-7-5-8-13-18)19-14-9-6-10-15-19;/h5-10,12-15,20H,16H2,1-4H3;1H. The van der Waals surface area contributed by atoms with E-state index in [1.165, 1.54) is 16.0 Å². The van der Waals surface area contributed by atoms with Gasteiger partial charge < -0.3 is 17.3 Å². The normalized spacial score (nSPS) is 10.9.